The molecule has 0 atom stereocenters. The topological polar surface area (TPSA) is 55.6 Å². The normalized spacial score (nSPS) is 20.9. The minimum Gasteiger partial charge on any atom is -0.380 e. The number of nitro groups is 1. The van der Waals surface area contributed by atoms with Crippen molar-refractivity contribution in [2.75, 3.05) is 31.2 Å². The molecule has 3 rings (SSSR count). The van der Waals surface area contributed by atoms with Crippen molar-refractivity contribution in [3.8, 4) is 0 Å². The van der Waals surface area contributed by atoms with Gasteiger partial charge in [0.25, 0.3) is 5.69 Å². The average Bonchev–Trinajstić information content (AvgIpc) is 2.15. The molecular formula is C11H11FN2O3. The maximum atomic E-state index is 13.7. The molecule has 2 aliphatic rings. The summed E-state index contributed by atoms with van der Waals surface area (Å²) in [6.07, 6.45) is 0. The van der Waals surface area contributed by atoms with Crippen molar-refractivity contribution in [2.45, 2.75) is 0 Å². The van der Waals surface area contributed by atoms with E-state index in [-0.39, 0.29) is 11.1 Å². The second-order valence-electron chi connectivity index (χ2n) is 4.74. The van der Waals surface area contributed by atoms with E-state index in [9.17, 15) is 14.5 Å². The molecule has 0 N–H and O–H groups in total. The summed E-state index contributed by atoms with van der Waals surface area (Å²) >= 11 is 0. The first-order chi connectivity index (χ1) is 8.10. The van der Waals surface area contributed by atoms with Crippen LogP contribution in [-0.4, -0.2) is 31.2 Å². The highest BCUT2D eigenvalue weighted by Crippen LogP contribution is 2.41. The number of nitro benzene ring substituents is 1. The number of hydrogen-bond donors (Lipinski definition) is 0. The molecule has 17 heavy (non-hydrogen) atoms. The van der Waals surface area contributed by atoms with E-state index in [0.717, 1.165) is 32.4 Å². The van der Waals surface area contributed by atoms with Crippen LogP contribution >= 0.6 is 0 Å². The van der Waals surface area contributed by atoms with Gasteiger partial charge < -0.3 is 9.64 Å². The molecular weight excluding hydrogens is 227 g/mol. The fourth-order valence-electron chi connectivity index (χ4n) is 2.37. The van der Waals surface area contributed by atoms with Gasteiger partial charge in [-0.15, -0.1) is 0 Å². The SMILES string of the molecule is O=[N+]([O-])c1ccc(N2CC3(COC3)C2)c(F)c1. The van der Waals surface area contributed by atoms with E-state index in [0.29, 0.717) is 5.69 Å². The maximum absolute atomic E-state index is 13.7. The van der Waals surface area contributed by atoms with Gasteiger partial charge in [0.1, 0.15) is 0 Å². The van der Waals surface area contributed by atoms with E-state index < -0.39 is 10.7 Å². The molecule has 1 spiro atoms. The van der Waals surface area contributed by atoms with Gasteiger partial charge in [-0.1, -0.05) is 0 Å². The Morgan fingerprint density at radius 3 is 2.59 bits per heavy atom. The van der Waals surface area contributed by atoms with Crippen LogP contribution in [0.4, 0.5) is 15.8 Å². The molecule has 5 nitrogen and oxygen atoms in total. The Morgan fingerprint density at radius 2 is 2.12 bits per heavy atom. The molecule has 2 aliphatic heterocycles. The number of rotatable bonds is 2. The fourth-order valence-corrected chi connectivity index (χ4v) is 2.37. The molecule has 90 valence electrons. The lowest BCUT2D eigenvalue weighted by atomic mass is 9.78. The monoisotopic (exact) mass is 238 g/mol. The number of hydrogen-bond acceptors (Lipinski definition) is 4. The quantitative estimate of drug-likeness (QED) is 0.579. The van der Waals surface area contributed by atoms with Gasteiger partial charge in [0.15, 0.2) is 5.82 Å². The molecule has 1 aromatic carbocycles. The van der Waals surface area contributed by atoms with Gasteiger partial charge in [-0.05, 0) is 6.07 Å². The van der Waals surface area contributed by atoms with E-state index in [1.54, 1.807) is 0 Å². The van der Waals surface area contributed by atoms with Crippen LogP contribution in [0.25, 0.3) is 0 Å². The molecule has 0 amide bonds. The van der Waals surface area contributed by atoms with Crippen LogP contribution in [0, 0.1) is 21.3 Å². The summed E-state index contributed by atoms with van der Waals surface area (Å²) in [5.41, 5.74) is 0.426. The van der Waals surface area contributed by atoms with Crippen LogP contribution in [0.15, 0.2) is 18.2 Å². The summed E-state index contributed by atoms with van der Waals surface area (Å²) in [5, 5.41) is 10.5. The number of anilines is 1. The van der Waals surface area contributed by atoms with E-state index in [2.05, 4.69) is 0 Å². The van der Waals surface area contributed by atoms with Crippen molar-refractivity contribution in [3.05, 3.63) is 34.1 Å². The van der Waals surface area contributed by atoms with Crippen molar-refractivity contribution in [3.63, 3.8) is 0 Å². The van der Waals surface area contributed by atoms with Gasteiger partial charge in [0.05, 0.1) is 35.3 Å². The van der Waals surface area contributed by atoms with Crippen molar-refractivity contribution in [1.82, 2.24) is 0 Å². The smallest absolute Gasteiger partial charge is 0.272 e. The molecule has 0 radical (unpaired) electrons. The average molecular weight is 238 g/mol. The highest BCUT2D eigenvalue weighted by Gasteiger charge is 2.49. The maximum Gasteiger partial charge on any atom is 0.272 e. The standard InChI is InChI=1S/C11H11FN2O3/c12-9-3-8(14(15)16)1-2-10(9)13-4-11(5-13)6-17-7-11/h1-3H,4-7H2. The Bertz CT molecular complexity index is 480. The fraction of sp³-hybridized carbons (Fsp3) is 0.455. The molecule has 0 aromatic heterocycles. The van der Waals surface area contributed by atoms with Crippen LogP contribution < -0.4 is 4.90 Å². The summed E-state index contributed by atoms with van der Waals surface area (Å²) in [4.78, 5) is 11.8. The lowest BCUT2D eigenvalue weighted by molar-refractivity contribution is -0.385. The number of benzene rings is 1. The molecule has 0 unspecified atom stereocenters. The highest BCUT2D eigenvalue weighted by molar-refractivity contribution is 5.55. The molecule has 1 aromatic rings. The predicted molar refractivity (Wildman–Crippen MR) is 58.5 cm³/mol. The van der Waals surface area contributed by atoms with Crippen molar-refractivity contribution >= 4 is 11.4 Å². The van der Waals surface area contributed by atoms with E-state index in [1.165, 1.54) is 12.1 Å². The van der Waals surface area contributed by atoms with Crippen LogP contribution in [0.5, 0.6) is 0 Å². The Balaban J connectivity index is 1.78. The molecule has 2 heterocycles. The molecule has 2 saturated heterocycles. The van der Waals surface area contributed by atoms with Gasteiger partial charge in [0, 0.05) is 19.2 Å². The van der Waals surface area contributed by atoms with Gasteiger partial charge >= 0.3 is 0 Å². The third-order valence-electron chi connectivity index (χ3n) is 3.35. The van der Waals surface area contributed by atoms with Crippen LogP contribution in [-0.2, 0) is 4.74 Å². The lowest BCUT2D eigenvalue weighted by Gasteiger charge is -2.55. The highest BCUT2D eigenvalue weighted by atomic mass is 19.1. The van der Waals surface area contributed by atoms with E-state index >= 15 is 0 Å². The van der Waals surface area contributed by atoms with Gasteiger partial charge in [0.2, 0.25) is 0 Å². The minimum absolute atomic E-state index is 0.203. The third kappa shape index (κ3) is 1.56. The van der Waals surface area contributed by atoms with Crippen molar-refractivity contribution in [1.29, 1.82) is 0 Å². The number of halogens is 1. The summed E-state index contributed by atoms with van der Waals surface area (Å²) in [6.45, 7) is 3.00. The Kier molecular flexibility index (Phi) is 2.09. The van der Waals surface area contributed by atoms with Crippen LogP contribution in [0.3, 0.4) is 0 Å². The summed E-state index contributed by atoms with van der Waals surface area (Å²) in [6, 6.07) is 3.78. The first kappa shape index (κ1) is 10.5. The zero-order chi connectivity index (χ0) is 12.0. The summed E-state index contributed by atoms with van der Waals surface area (Å²) in [7, 11) is 0. The minimum atomic E-state index is -0.593. The van der Waals surface area contributed by atoms with Gasteiger partial charge in [-0.3, -0.25) is 10.1 Å². The molecule has 6 heteroatoms. The van der Waals surface area contributed by atoms with Gasteiger partial charge in [-0.25, -0.2) is 4.39 Å². The number of non-ortho nitro benzene ring substituents is 1. The number of nitrogens with zero attached hydrogens (tertiary/aromatic N) is 2. The van der Waals surface area contributed by atoms with Crippen molar-refractivity contribution < 1.29 is 14.1 Å². The van der Waals surface area contributed by atoms with E-state index in [1.807, 2.05) is 4.90 Å². The largest absolute Gasteiger partial charge is 0.380 e. The van der Waals surface area contributed by atoms with E-state index in [4.69, 9.17) is 4.74 Å². The molecule has 0 aliphatic carbocycles. The first-order valence-electron chi connectivity index (χ1n) is 5.36. The first-order valence-corrected chi connectivity index (χ1v) is 5.36. The van der Waals surface area contributed by atoms with Crippen molar-refractivity contribution in [2.24, 2.45) is 5.41 Å². The zero-order valence-corrected chi connectivity index (χ0v) is 9.06. The Labute approximate surface area is 96.9 Å². The summed E-state index contributed by atoms with van der Waals surface area (Å²) in [5.74, 6) is -0.533. The summed E-state index contributed by atoms with van der Waals surface area (Å²) < 4.78 is 18.8. The van der Waals surface area contributed by atoms with Crippen LogP contribution in [0.1, 0.15) is 0 Å². The molecule has 0 bridgehead atoms. The zero-order valence-electron chi connectivity index (χ0n) is 9.06. The predicted octanol–water partition coefficient (Wildman–Crippen LogP) is 1.57. The van der Waals surface area contributed by atoms with Gasteiger partial charge in [-0.2, -0.15) is 0 Å². The Hall–Kier alpha value is -1.69. The molecule has 2 fully saturated rings. The lowest BCUT2D eigenvalue weighted by Crippen LogP contribution is -2.66. The third-order valence-corrected chi connectivity index (χ3v) is 3.35. The number of ether oxygens (including phenoxy) is 1. The molecule has 0 saturated carbocycles. The van der Waals surface area contributed by atoms with Crippen LogP contribution in [0.2, 0.25) is 0 Å². The second-order valence-corrected chi connectivity index (χ2v) is 4.74. The Morgan fingerprint density at radius 1 is 1.41 bits per heavy atom. The second kappa shape index (κ2) is 3.40.